The van der Waals surface area contributed by atoms with Gasteiger partial charge in [0.05, 0.1) is 29.9 Å². The van der Waals surface area contributed by atoms with Crippen LogP contribution in [-0.4, -0.2) is 35.8 Å². The second-order valence-corrected chi connectivity index (χ2v) is 3.85. The van der Waals surface area contributed by atoms with Crippen molar-refractivity contribution in [2.45, 2.75) is 19.4 Å². The van der Waals surface area contributed by atoms with Crippen LogP contribution in [0.25, 0.3) is 0 Å². The molecule has 0 saturated carbocycles. The van der Waals surface area contributed by atoms with Gasteiger partial charge in [-0.1, -0.05) is 0 Å². The summed E-state index contributed by atoms with van der Waals surface area (Å²) in [5.74, 6) is 0. The molecule has 1 aliphatic rings. The topological polar surface area (TPSA) is 48.4 Å². The smallest absolute Gasteiger partial charge is 0.0731 e. The van der Waals surface area contributed by atoms with Crippen LogP contribution in [0.1, 0.15) is 13.3 Å². The Hall–Kier alpha value is -1.29. The Morgan fingerprint density at radius 1 is 1.60 bits per heavy atom. The first-order valence-corrected chi connectivity index (χ1v) is 5.41. The molecule has 0 radical (unpaired) electrons. The fraction of sp³-hybridized carbons (Fsp3) is 0.545. The highest BCUT2D eigenvalue weighted by atomic mass is 16.3. The first kappa shape index (κ1) is 10.2. The molecule has 15 heavy (non-hydrogen) atoms. The van der Waals surface area contributed by atoms with E-state index >= 15 is 0 Å². The van der Waals surface area contributed by atoms with Gasteiger partial charge in [-0.15, -0.1) is 0 Å². The number of nitrogens with one attached hydrogen (secondary N) is 1. The van der Waals surface area contributed by atoms with Crippen molar-refractivity contribution < 1.29 is 5.11 Å². The summed E-state index contributed by atoms with van der Waals surface area (Å²) in [5, 5.41) is 12.7. The number of nitrogens with zero attached hydrogens (tertiary/aromatic N) is 2. The van der Waals surface area contributed by atoms with E-state index in [1.807, 2.05) is 12.4 Å². The largest absolute Gasteiger partial charge is 0.391 e. The third kappa shape index (κ3) is 2.39. The Labute approximate surface area is 89.9 Å². The molecule has 1 aliphatic heterocycles. The lowest BCUT2D eigenvalue weighted by atomic mass is 10.3. The van der Waals surface area contributed by atoms with Crippen molar-refractivity contribution in [1.82, 2.24) is 4.98 Å². The van der Waals surface area contributed by atoms with Gasteiger partial charge in [0, 0.05) is 19.6 Å². The van der Waals surface area contributed by atoms with Crippen molar-refractivity contribution in [3.8, 4) is 0 Å². The first-order chi connectivity index (χ1) is 7.29. The molecule has 1 unspecified atom stereocenters. The molecule has 0 aliphatic carbocycles. The molecular formula is C11H17N3O. The van der Waals surface area contributed by atoms with Crippen LogP contribution >= 0.6 is 0 Å². The predicted octanol–water partition coefficient (Wildman–Crippen LogP) is 1.08. The number of pyridine rings is 1. The average molecular weight is 207 g/mol. The Morgan fingerprint density at radius 3 is 3.13 bits per heavy atom. The SMILES string of the molecule is CCNc1cncc(N2CCC(O)C2)c1. The van der Waals surface area contributed by atoms with E-state index in [-0.39, 0.29) is 6.10 Å². The summed E-state index contributed by atoms with van der Waals surface area (Å²) in [5.41, 5.74) is 2.13. The van der Waals surface area contributed by atoms with Crippen LogP contribution in [-0.2, 0) is 0 Å². The van der Waals surface area contributed by atoms with Crippen LogP contribution in [0.5, 0.6) is 0 Å². The zero-order valence-electron chi connectivity index (χ0n) is 8.98. The van der Waals surface area contributed by atoms with Gasteiger partial charge in [-0.25, -0.2) is 0 Å². The van der Waals surface area contributed by atoms with Crippen LogP contribution < -0.4 is 10.2 Å². The molecule has 0 amide bonds. The number of β-amino-alcohol motifs (C(OH)–C–C–N with tert-alkyl or cyclic N) is 1. The van der Waals surface area contributed by atoms with E-state index < -0.39 is 0 Å². The fourth-order valence-electron chi connectivity index (χ4n) is 1.88. The minimum Gasteiger partial charge on any atom is -0.391 e. The van der Waals surface area contributed by atoms with Crippen LogP contribution in [0.3, 0.4) is 0 Å². The van der Waals surface area contributed by atoms with Crippen molar-refractivity contribution in [2.75, 3.05) is 29.9 Å². The van der Waals surface area contributed by atoms with E-state index in [0.29, 0.717) is 0 Å². The van der Waals surface area contributed by atoms with Gasteiger partial charge in [0.25, 0.3) is 0 Å². The molecule has 4 nitrogen and oxygen atoms in total. The van der Waals surface area contributed by atoms with E-state index in [2.05, 4.69) is 28.2 Å². The predicted molar refractivity (Wildman–Crippen MR) is 61.2 cm³/mol. The summed E-state index contributed by atoms with van der Waals surface area (Å²) in [6.07, 6.45) is 4.33. The van der Waals surface area contributed by atoms with E-state index in [1.165, 1.54) is 0 Å². The normalized spacial score (nSPS) is 20.7. The molecule has 2 heterocycles. The fourth-order valence-corrected chi connectivity index (χ4v) is 1.88. The zero-order chi connectivity index (χ0) is 10.7. The lowest BCUT2D eigenvalue weighted by Crippen LogP contribution is -2.21. The van der Waals surface area contributed by atoms with Crippen molar-refractivity contribution >= 4 is 11.4 Å². The second kappa shape index (κ2) is 4.49. The van der Waals surface area contributed by atoms with Crippen LogP contribution in [0, 0.1) is 0 Å². The number of rotatable bonds is 3. The van der Waals surface area contributed by atoms with Gasteiger partial charge in [0.2, 0.25) is 0 Å². The van der Waals surface area contributed by atoms with Gasteiger partial charge >= 0.3 is 0 Å². The number of hydrogen-bond acceptors (Lipinski definition) is 4. The molecule has 1 aromatic heterocycles. The van der Waals surface area contributed by atoms with Crippen LogP contribution in [0.4, 0.5) is 11.4 Å². The van der Waals surface area contributed by atoms with E-state index in [4.69, 9.17) is 0 Å². The molecule has 1 atom stereocenters. The molecular weight excluding hydrogens is 190 g/mol. The Morgan fingerprint density at radius 2 is 2.47 bits per heavy atom. The monoisotopic (exact) mass is 207 g/mol. The molecule has 1 aromatic rings. The van der Waals surface area contributed by atoms with Crippen molar-refractivity contribution in [3.05, 3.63) is 18.5 Å². The number of hydrogen-bond donors (Lipinski definition) is 2. The highest BCUT2D eigenvalue weighted by molar-refractivity contribution is 5.56. The number of aliphatic hydroxyl groups excluding tert-OH is 1. The maximum atomic E-state index is 9.46. The Balaban J connectivity index is 2.10. The minimum absolute atomic E-state index is 0.187. The zero-order valence-corrected chi connectivity index (χ0v) is 8.98. The van der Waals surface area contributed by atoms with Gasteiger partial charge in [-0.05, 0) is 19.4 Å². The summed E-state index contributed by atoms with van der Waals surface area (Å²) < 4.78 is 0. The lowest BCUT2D eigenvalue weighted by molar-refractivity contribution is 0.198. The van der Waals surface area contributed by atoms with Gasteiger partial charge in [-0.2, -0.15) is 0 Å². The summed E-state index contributed by atoms with van der Waals surface area (Å²) in [6.45, 7) is 4.59. The van der Waals surface area contributed by atoms with E-state index in [1.54, 1.807) is 0 Å². The molecule has 82 valence electrons. The number of aromatic nitrogens is 1. The van der Waals surface area contributed by atoms with Gasteiger partial charge in [0.1, 0.15) is 0 Å². The summed E-state index contributed by atoms with van der Waals surface area (Å²) in [4.78, 5) is 6.35. The molecule has 1 fully saturated rings. The van der Waals surface area contributed by atoms with Crippen molar-refractivity contribution in [2.24, 2.45) is 0 Å². The first-order valence-electron chi connectivity index (χ1n) is 5.41. The Kier molecular flexibility index (Phi) is 3.06. The molecule has 4 heteroatoms. The third-order valence-corrected chi connectivity index (χ3v) is 2.63. The van der Waals surface area contributed by atoms with Gasteiger partial charge < -0.3 is 15.3 Å². The molecule has 0 spiro atoms. The standard InChI is InChI=1S/C11H17N3O/c1-2-13-9-5-10(7-12-6-9)14-4-3-11(15)8-14/h5-7,11,13,15H,2-4,8H2,1H3. The van der Waals surface area contributed by atoms with Gasteiger partial charge in [-0.3, -0.25) is 4.98 Å². The summed E-state index contributed by atoms with van der Waals surface area (Å²) in [7, 11) is 0. The highest BCUT2D eigenvalue weighted by Crippen LogP contribution is 2.22. The van der Waals surface area contributed by atoms with E-state index in [0.717, 1.165) is 37.4 Å². The molecule has 2 N–H and O–H groups in total. The van der Waals surface area contributed by atoms with Gasteiger partial charge in [0.15, 0.2) is 0 Å². The Bertz CT molecular complexity index is 329. The molecule has 1 saturated heterocycles. The number of aliphatic hydroxyl groups is 1. The minimum atomic E-state index is -0.187. The molecule has 0 aromatic carbocycles. The molecule has 0 bridgehead atoms. The lowest BCUT2D eigenvalue weighted by Gasteiger charge is -2.18. The maximum absolute atomic E-state index is 9.46. The molecule has 2 rings (SSSR count). The van der Waals surface area contributed by atoms with Crippen LogP contribution in [0.15, 0.2) is 18.5 Å². The summed E-state index contributed by atoms with van der Waals surface area (Å²) >= 11 is 0. The third-order valence-electron chi connectivity index (χ3n) is 2.63. The maximum Gasteiger partial charge on any atom is 0.0731 e. The number of anilines is 2. The summed E-state index contributed by atoms with van der Waals surface area (Å²) in [6, 6.07) is 2.08. The van der Waals surface area contributed by atoms with Crippen LogP contribution in [0.2, 0.25) is 0 Å². The highest BCUT2D eigenvalue weighted by Gasteiger charge is 2.20. The van der Waals surface area contributed by atoms with E-state index in [9.17, 15) is 5.11 Å². The second-order valence-electron chi connectivity index (χ2n) is 3.85. The van der Waals surface area contributed by atoms with Crippen molar-refractivity contribution in [1.29, 1.82) is 0 Å². The van der Waals surface area contributed by atoms with Crippen molar-refractivity contribution in [3.63, 3.8) is 0 Å². The average Bonchev–Trinajstić information content (AvgIpc) is 2.66. The quantitative estimate of drug-likeness (QED) is 0.778.